The number of fused-ring (bicyclic) bond motifs is 1. The molecule has 0 spiro atoms. The monoisotopic (exact) mass is 335 g/mol. The molecule has 0 radical (unpaired) electrons. The van der Waals surface area contributed by atoms with Gasteiger partial charge in [-0.3, -0.25) is 14.7 Å². The molecule has 25 heavy (non-hydrogen) atoms. The molecule has 2 aromatic heterocycles. The number of amides is 3. The molecule has 3 heterocycles. The predicted molar refractivity (Wildman–Crippen MR) is 91.6 cm³/mol. The van der Waals surface area contributed by atoms with E-state index in [1.807, 2.05) is 30.3 Å². The SMILES string of the molecule is Cc1ccc([C@@]2(C)NC(=O)N(Cc3cccc4cccnc34)C2=O)o1. The first kappa shape index (κ1) is 15.4. The molecule has 3 amide bonds. The van der Waals surface area contributed by atoms with E-state index >= 15 is 0 Å². The minimum Gasteiger partial charge on any atom is -0.463 e. The van der Waals surface area contributed by atoms with Gasteiger partial charge in [0.25, 0.3) is 5.91 Å². The van der Waals surface area contributed by atoms with Crippen molar-refractivity contribution in [1.29, 1.82) is 0 Å². The van der Waals surface area contributed by atoms with Crippen LogP contribution in [0.4, 0.5) is 4.79 Å². The highest BCUT2D eigenvalue weighted by molar-refractivity contribution is 6.07. The first-order chi connectivity index (χ1) is 12.0. The van der Waals surface area contributed by atoms with Gasteiger partial charge in [0.2, 0.25) is 0 Å². The lowest BCUT2D eigenvalue weighted by Gasteiger charge is -2.19. The molecule has 1 aliphatic rings. The van der Waals surface area contributed by atoms with Gasteiger partial charge < -0.3 is 9.73 Å². The Morgan fingerprint density at radius 1 is 1.16 bits per heavy atom. The fourth-order valence-electron chi connectivity index (χ4n) is 3.18. The highest BCUT2D eigenvalue weighted by Crippen LogP contribution is 2.31. The molecule has 1 atom stereocenters. The quantitative estimate of drug-likeness (QED) is 0.746. The maximum Gasteiger partial charge on any atom is 0.325 e. The number of pyridine rings is 1. The molecule has 1 fully saturated rings. The Morgan fingerprint density at radius 2 is 1.96 bits per heavy atom. The fraction of sp³-hybridized carbons (Fsp3) is 0.211. The number of urea groups is 1. The van der Waals surface area contributed by atoms with Crippen LogP contribution in [-0.2, 0) is 16.9 Å². The summed E-state index contributed by atoms with van der Waals surface area (Å²) < 4.78 is 5.58. The Hall–Kier alpha value is -3.15. The van der Waals surface area contributed by atoms with Gasteiger partial charge in [0.05, 0.1) is 12.1 Å². The zero-order chi connectivity index (χ0) is 17.6. The van der Waals surface area contributed by atoms with Gasteiger partial charge in [-0.2, -0.15) is 0 Å². The van der Waals surface area contributed by atoms with E-state index in [4.69, 9.17) is 4.42 Å². The Balaban J connectivity index is 1.69. The van der Waals surface area contributed by atoms with E-state index in [2.05, 4.69) is 10.3 Å². The van der Waals surface area contributed by atoms with Crippen molar-refractivity contribution in [2.45, 2.75) is 25.9 Å². The van der Waals surface area contributed by atoms with Crippen LogP contribution in [0.1, 0.15) is 24.0 Å². The van der Waals surface area contributed by atoms with Gasteiger partial charge in [-0.1, -0.05) is 24.3 Å². The predicted octanol–water partition coefficient (Wildman–Crippen LogP) is 3.10. The van der Waals surface area contributed by atoms with Gasteiger partial charge in [-0.25, -0.2) is 4.79 Å². The van der Waals surface area contributed by atoms with Crippen LogP contribution >= 0.6 is 0 Å². The van der Waals surface area contributed by atoms with Gasteiger partial charge in [0.15, 0.2) is 5.54 Å². The summed E-state index contributed by atoms with van der Waals surface area (Å²) in [5.74, 6) is 0.789. The molecule has 1 saturated heterocycles. The number of furan rings is 1. The van der Waals surface area contributed by atoms with Crippen molar-refractivity contribution in [3.63, 3.8) is 0 Å². The highest BCUT2D eigenvalue weighted by Gasteiger charge is 2.51. The van der Waals surface area contributed by atoms with Crippen LogP contribution in [0.2, 0.25) is 0 Å². The zero-order valence-electron chi connectivity index (χ0n) is 13.9. The summed E-state index contributed by atoms with van der Waals surface area (Å²) >= 11 is 0. The molecular formula is C19H17N3O3. The van der Waals surface area contributed by atoms with E-state index < -0.39 is 11.6 Å². The van der Waals surface area contributed by atoms with Crippen molar-refractivity contribution in [3.8, 4) is 0 Å². The molecule has 0 saturated carbocycles. The van der Waals surface area contributed by atoms with E-state index in [9.17, 15) is 9.59 Å². The second-order valence-corrected chi connectivity index (χ2v) is 6.35. The van der Waals surface area contributed by atoms with E-state index in [1.54, 1.807) is 32.2 Å². The third-order valence-electron chi connectivity index (χ3n) is 4.55. The maximum absolute atomic E-state index is 13.0. The Bertz CT molecular complexity index is 989. The van der Waals surface area contributed by atoms with E-state index in [-0.39, 0.29) is 12.5 Å². The number of benzene rings is 1. The number of nitrogens with one attached hydrogen (secondary N) is 1. The van der Waals surface area contributed by atoms with Crippen molar-refractivity contribution in [2.24, 2.45) is 0 Å². The smallest absolute Gasteiger partial charge is 0.325 e. The fourth-order valence-corrected chi connectivity index (χ4v) is 3.18. The number of aromatic nitrogens is 1. The topological polar surface area (TPSA) is 75.4 Å². The average molecular weight is 335 g/mol. The second-order valence-electron chi connectivity index (χ2n) is 6.35. The van der Waals surface area contributed by atoms with E-state index in [1.165, 1.54) is 4.90 Å². The molecule has 3 aromatic rings. The first-order valence-corrected chi connectivity index (χ1v) is 8.03. The Kier molecular flexibility index (Phi) is 3.35. The molecule has 6 heteroatoms. The van der Waals surface area contributed by atoms with Crippen molar-refractivity contribution >= 4 is 22.8 Å². The molecule has 1 aromatic carbocycles. The second kappa shape index (κ2) is 5.44. The van der Waals surface area contributed by atoms with Crippen LogP contribution in [0.3, 0.4) is 0 Å². The van der Waals surface area contributed by atoms with Crippen molar-refractivity contribution in [1.82, 2.24) is 15.2 Å². The molecule has 4 rings (SSSR count). The summed E-state index contributed by atoms with van der Waals surface area (Å²) in [4.78, 5) is 31.0. The van der Waals surface area contributed by atoms with Crippen LogP contribution in [0.15, 0.2) is 53.1 Å². The zero-order valence-corrected chi connectivity index (χ0v) is 13.9. The van der Waals surface area contributed by atoms with E-state index in [0.29, 0.717) is 11.5 Å². The van der Waals surface area contributed by atoms with Gasteiger partial charge in [-0.15, -0.1) is 0 Å². The maximum atomic E-state index is 13.0. The number of para-hydroxylation sites is 1. The number of nitrogens with zero attached hydrogens (tertiary/aromatic N) is 2. The van der Waals surface area contributed by atoms with Crippen molar-refractivity contribution in [2.75, 3.05) is 0 Å². The van der Waals surface area contributed by atoms with Crippen LogP contribution in [0.5, 0.6) is 0 Å². The van der Waals surface area contributed by atoms with Crippen molar-refractivity contribution < 1.29 is 14.0 Å². The number of hydrogen-bond acceptors (Lipinski definition) is 4. The minimum absolute atomic E-state index is 0.161. The van der Waals surface area contributed by atoms with Crippen LogP contribution in [-0.4, -0.2) is 21.8 Å². The highest BCUT2D eigenvalue weighted by atomic mass is 16.3. The summed E-state index contributed by atoms with van der Waals surface area (Å²) in [5, 5.41) is 3.72. The summed E-state index contributed by atoms with van der Waals surface area (Å²) in [5.41, 5.74) is 0.415. The average Bonchev–Trinajstić information content (AvgIpc) is 3.13. The molecule has 1 aliphatic heterocycles. The molecular weight excluding hydrogens is 318 g/mol. The molecule has 1 N–H and O–H groups in total. The Labute approximate surface area is 144 Å². The largest absolute Gasteiger partial charge is 0.463 e. The molecule has 0 bridgehead atoms. The lowest BCUT2D eigenvalue weighted by molar-refractivity contribution is -0.132. The number of imide groups is 1. The third kappa shape index (κ3) is 2.38. The van der Waals surface area contributed by atoms with Gasteiger partial charge in [0.1, 0.15) is 11.5 Å². The van der Waals surface area contributed by atoms with Gasteiger partial charge in [-0.05, 0) is 37.6 Å². The van der Waals surface area contributed by atoms with Gasteiger partial charge >= 0.3 is 6.03 Å². The summed E-state index contributed by atoms with van der Waals surface area (Å²) in [6.07, 6.45) is 1.70. The van der Waals surface area contributed by atoms with Gasteiger partial charge in [0, 0.05) is 11.6 Å². The lowest BCUT2D eigenvalue weighted by atomic mass is 9.99. The number of hydrogen-bond donors (Lipinski definition) is 1. The standard InChI is InChI=1S/C19H17N3O3/c1-12-8-9-15(25-12)19(2)17(23)22(18(24)21-19)11-14-6-3-5-13-7-4-10-20-16(13)14/h3-10H,11H2,1-2H3,(H,21,24)/t19-/m1/s1. The summed E-state index contributed by atoms with van der Waals surface area (Å²) in [6.45, 7) is 3.62. The molecule has 126 valence electrons. The third-order valence-corrected chi connectivity index (χ3v) is 4.55. The number of carbonyl (C=O) groups excluding carboxylic acids is 2. The summed E-state index contributed by atoms with van der Waals surface area (Å²) in [7, 11) is 0. The van der Waals surface area contributed by atoms with Crippen LogP contribution < -0.4 is 5.32 Å². The Morgan fingerprint density at radius 3 is 2.72 bits per heavy atom. The normalized spacial score (nSPS) is 20.3. The minimum atomic E-state index is -1.19. The van der Waals surface area contributed by atoms with Crippen LogP contribution in [0.25, 0.3) is 10.9 Å². The van der Waals surface area contributed by atoms with Crippen molar-refractivity contribution in [3.05, 3.63) is 65.7 Å². The van der Waals surface area contributed by atoms with Crippen LogP contribution in [0, 0.1) is 6.92 Å². The molecule has 0 aliphatic carbocycles. The lowest BCUT2D eigenvalue weighted by Crippen LogP contribution is -2.40. The molecule has 6 nitrogen and oxygen atoms in total. The number of carbonyl (C=O) groups is 2. The molecule has 0 unspecified atom stereocenters. The summed E-state index contributed by atoms with van der Waals surface area (Å²) in [6, 6.07) is 12.6. The number of rotatable bonds is 3. The number of aryl methyl sites for hydroxylation is 1. The van der Waals surface area contributed by atoms with E-state index in [0.717, 1.165) is 16.5 Å². The first-order valence-electron chi connectivity index (χ1n) is 8.03.